The number of hydrogen-bond acceptors (Lipinski definition) is 4. The van der Waals surface area contributed by atoms with Gasteiger partial charge in [-0.1, -0.05) is 15.9 Å². The Balaban J connectivity index is 2.22. The van der Waals surface area contributed by atoms with Crippen LogP contribution in [-0.4, -0.2) is 51.9 Å². The van der Waals surface area contributed by atoms with Crippen molar-refractivity contribution in [3.8, 4) is 0 Å². The topological polar surface area (TPSA) is 81.0 Å². The molecule has 1 atom stereocenters. The fourth-order valence-electron chi connectivity index (χ4n) is 1.45. The predicted octanol–water partition coefficient (Wildman–Crippen LogP) is -0.712. The molecule has 0 aromatic carbocycles. The minimum absolute atomic E-state index is 0.0102. The average molecular weight is 284 g/mol. The monoisotopic (exact) mass is 283 g/mol. The number of amides is 1. The van der Waals surface area contributed by atoms with Gasteiger partial charge in [-0.3, -0.25) is 4.79 Å². The summed E-state index contributed by atoms with van der Waals surface area (Å²) in [5, 5.41) is 0. The second kappa shape index (κ2) is 4.71. The molecule has 0 aromatic heterocycles. The van der Waals surface area contributed by atoms with Gasteiger partial charge < -0.3 is 19.3 Å². The summed E-state index contributed by atoms with van der Waals surface area (Å²) in [6, 6.07) is -0.0102. The molecule has 82 valence electrons. The van der Waals surface area contributed by atoms with E-state index in [9.17, 15) is 4.79 Å². The van der Waals surface area contributed by atoms with Gasteiger partial charge in [0.15, 0.2) is 0 Å². The minimum Gasteiger partial charge on any atom is -0.390 e. The predicted molar refractivity (Wildman–Crippen MR) is 55.7 cm³/mol. The molecule has 0 aromatic rings. The molecule has 0 aliphatic carbocycles. The van der Waals surface area contributed by atoms with Gasteiger partial charge in [0.2, 0.25) is 5.91 Å². The van der Waals surface area contributed by atoms with Crippen molar-refractivity contribution < 1.29 is 19.2 Å². The first-order valence-electron chi connectivity index (χ1n) is 4.47. The van der Waals surface area contributed by atoms with Crippen LogP contribution in [0, 0.1) is 0 Å². The first-order valence-corrected chi connectivity index (χ1v) is 7.44. The Morgan fingerprint density at radius 3 is 2.57 bits per heavy atom. The van der Waals surface area contributed by atoms with Crippen LogP contribution in [0.25, 0.3) is 0 Å². The molecule has 1 heterocycles. The van der Waals surface area contributed by atoms with Gasteiger partial charge >= 0.3 is 8.80 Å². The van der Waals surface area contributed by atoms with Gasteiger partial charge in [0.25, 0.3) is 0 Å². The molecule has 1 fully saturated rings. The Morgan fingerprint density at radius 2 is 2.14 bits per heavy atom. The van der Waals surface area contributed by atoms with Crippen LogP contribution in [0.15, 0.2) is 0 Å². The standard InChI is InChI=1S/C7H14BrNO4Si/c8-6-4-7(10)9(5-6)2-1-3-14(11,12)13/h6,11-13H,1-5H2. The maximum Gasteiger partial charge on any atom is 0.492 e. The van der Waals surface area contributed by atoms with Gasteiger partial charge in [-0.2, -0.15) is 0 Å². The highest BCUT2D eigenvalue weighted by molar-refractivity contribution is 9.09. The molecular weight excluding hydrogens is 270 g/mol. The number of nitrogens with zero attached hydrogens (tertiary/aromatic N) is 1. The molecule has 0 spiro atoms. The lowest BCUT2D eigenvalue weighted by Gasteiger charge is -2.16. The molecule has 0 radical (unpaired) electrons. The van der Waals surface area contributed by atoms with E-state index in [1.165, 1.54) is 0 Å². The molecule has 0 saturated carbocycles. The van der Waals surface area contributed by atoms with E-state index < -0.39 is 8.80 Å². The van der Waals surface area contributed by atoms with E-state index in [0.29, 0.717) is 25.9 Å². The smallest absolute Gasteiger partial charge is 0.390 e. The second-order valence-electron chi connectivity index (χ2n) is 3.52. The van der Waals surface area contributed by atoms with Crippen molar-refractivity contribution >= 4 is 30.6 Å². The largest absolute Gasteiger partial charge is 0.492 e. The van der Waals surface area contributed by atoms with Crippen molar-refractivity contribution in [2.45, 2.75) is 23.7 Å². The number of alkyl halides is 1. The van der Waals surface area contributed by atoms with E-state index in [4.69, 9.17) is 14.4 Å². The maximum absolute atomic E-state index is 11.3. The van der Waals surface area contributed by atoms with Crippen molar-refractivity contribution in [2.75, 3.05) is 13.1 Å². The highest BCUT2D eigenvalue weighted by Crippen LogP contribution is 2.18. The molecule has 1 aliphatic rings. The SMILES string of the molecule is O=C1CC(Br)CN1CCC[Si](O)(O)O. The van der Waals surface area contributed by atoms with Crippen LogP contribution in [0.3, 0.4) is 0 Å². The lowest BCUT2D eigenvalue weighted by Crippen LogP contribution is -2.36. The van der Waals surface area contributed by atoms with Crippen molar-refractivity contribution in [3.63, 3.8) is 0 Å². The van der Waals surface area contributed by atoms with E-state index in [1.807, 2.05) is 0 Å². The van der Waals surface area contributed by atoms with Crippen molar-refractivity contribution in [2.24, 2.45) is 0 Å². The summed E-state index contributed by atoms with van der Waals surface area (Å²) in [5.74, 6) is 0.0768. The zero-order valence-corrected chi connectivity index (χ0v) is 10.3. The Hall–Kier alpha value is 0.0469. The summed E-state index contributed by atoms with van der Waals surface area (Å²) < 4.78 is 0. The maximum atomic E-state index is 11.3. The molecule has 1 unspecified atom stereocenters. The molecule has 1 rings (SSSR count). The summed E-state index contributed by atoms with van der Waals surface area (Å²) in [6.45, 7) is 1.15. The number of rotatable bonds is 4. The molecule has 5 nitrogen and oxygen atoms in total. The van der Waals surface area contributed by atoms with Crippen molar-refractivity contribution in [1.82, 2.24) is 4.90 Å². The summed E-state index contributed by atoms with van der Waals surface area (Å²) >= 11 is 3.35. The molecule has 1 saturated heterocycles. The van der Waals surface area contributed by atoms with Crippen LogP contribution in [0.5, 0.6) is 0 Å². The van der Waals surface area contributed by atoms with E-state index in [-0.39, 0.29) is 16.8 Å². The molecule has 1 amide bonds. The molecule has 7 heteroatoms. The number of halogens is 1. The summed E-state index contributed by atoms with van der Waals surface area (Å²) in [6.07, 6.45) is 0.932. The average Bonchev–Trinajstić information content (AvgIpc) is 2.27. The molecular formula is C7H14BrNO4Si. The third-order valence-corrected chi connectivity index (χ3v) is 3.75. The summed E-state index contributed by atoms with van der Waals surface area (Å²) in [4.78, 5) is 39.4. The van der Waals surface area contributed by atoms with E-state index in [0.717, 1.165) is 0 Å². The van der Waals surface area contributed by atoms with Crippen LogP contribution in [-0.2, 0) is 4.79 Å². The highest BCUT2D eigenvalue weighted by atomic mass is 79.9. The van der Waals surface area contributed by atoms with Crippen LogP contribution in [0.4, 0.5) is 0 Å². The number of likely N-dealkylation sites (tertiary alicyclic amines) is 1. The van der Waals surface area contributed by atoms with Crippen LogP contribution >= 0.6 is 15.9 Å². The van der Waals surface area contributed by atoms with E-state index in [1.54, 1.807) is 4.90 Å². The van der Waals surface area contributed by atoms with Crippen molar-refractivity contribution in [1.29, 1.82) is 0 Å². The number of carbonyl (C=O) groups excluding carboxylic acids is 1. The Labute approximate surface area is 91.8 Å². The van der Waals surface area contributed by atoms with Crippen LogP contribution in [0.1, 0.15) is 12.8 Å². The van der Waals surface area contributed by atoms with Gasteiger partial charge in [-0.05, 0) is 6.42 Å². The van der Waals surface area contributed by atoms with Gasteiger partial charge in [-0.15, -0.1) is 0 Å². The third-order valence-electron chi connectivity index (χ3n) is 2.11. The van der Waals surface area contributed by atoms with Gasteiger partial charge in [0.1, 0.15) is 0 Å². The highest BCUT2D eigenvalue weighted by Gasteiger charge is 2.30. The third kappa shape index (κ3) is 4.05. The molecule has 0 bridgehead atoms. The molecule has 3 N–H and O–H groups in total. The van der Waals surface area contributed by atoms with Crippen LogP contribution in [0.2, 0.25) is 6.04 Å². The fourth-order valence-corrected chi connectivity index (χ4v) is 2.71. The number of carbonyl (C=O) groups is 1. The van der Waals surface area contributed by atoms with Crippen molar-refractivity contribution in [3.05, 3.63) is 0 Å². The van der Waals surface area contributed by atoms with Crippen LogP contribution < -0.4 is 0 Å². The molecule has 14 heavy (non-hydrogen) atoms. The lowest BCUT2D eigenvalue weighted by atomic mass is 10.4. The normalized spacial score (nSPS) is 23.3. The quantitative estimate of drug-likeness (QED) is 0.470. The summed E-state index contributed by atoms with van der Waals surface area (Å²) in [5.41, 5.74) is 0. The molecule has 1 aliphatic heterocycles. The Morgan fingerprint density at radius 1 is 1.50 bits per heavy atom. The second-order valence-corrected chi connectivity index (χ2v) is 6.86. The fraction of sp³-hybridized carbons (Fsp3) is 0.857. The zero-order valence-electron chi connectivity index (χ0n) is 7.69. The Kier molecular flexibility index (Phi) is 4.08. The van der Waals surface area contributed by atoms with Gasteiger partial charge in [0, 0.05) is 30.4 Å². The number of hydrogen-bond donors (Lipinski definition) is 3. The summed E-state index contributed by atoms with van der Waals surface area (Å²) in [7, 11) is -3.92. The van der Waals surface area contributed by atoms with E-state index >= 15 is 0 Å². The first-order chi connectivity index (χ1) is 6.38. The zero-order chi connectivity index (χ0) is 10.8. The van der Waals surface area contributed by atoms with E-state index in [2.05, 4.69) is 15.9 Å². The first kappa shape index (κ1) is 12.1. The lowest BCUT2D eigenvalue weighted by molar-refractivity contribution is -0.127. The van der Waals surface area contributed by atoms with Gasteiger partial charge in [0.05, 0.1) is 0 Å². The van der Waals surface area contributed by atoms with Gasteiger partial charge in [-0.25, -0.2) is 0 Å². The minimum atomic E-state index is -3.92. The Bertz CT molecular complexity index is 220.